The summed E-state index contributed by atoms with van der Waals surface area (Å²) < 4.78 is 5.64. The lowest BCUT2D eigenvalue weighted by Crippen LogP contribution is -2.27. The Morgan fingerprint density at radius 1 is 1.00 bits per heavy atom. The van der Waals surface area contributed by atoms with Gasteiger partial charge in [0.1, 0.15) is 5.75 Å². The summed E-state index contributed by atoms with van der Waals surface area (Å²) in [4.78, 5) is 24.9. The lowest BCUT2D eigenvalue weighted by Gasteiger charge is -2.17. The molecular weight excluding hydrogens is 330 g/mol. The summed E-state index contributed by atoms with van der Waals surface area (Å²) >= 11 is 0. The molecule has 5 nitrogen and oxygen atoms in total. The molecule has 0 saturated heterocycles. The van der Waals surface area contributed by atoms with Crippen LogP contribution in [0.15, 0.2) is 48.5 Å². The van der Waals surface area contributed by atoms with Gasteiger partial charge in [-0.2, -0.15) is 0 Å². The Hall–Kier alpha value is -2.82. The SMILES string of the molecule is CC(C)COc1ccc(CC(=O)N(C)Cc2ccc(C(=O)O)cc2)cc1. The predicted octanol–water partition coefficient (Wildman–Crippen LogP) is 3.62. The molecule has 0 spiro atoms. The monoisotopic (exact) mass is 355 g/mol. The van der Waals surface area contributed by atoms with Gasteiger partial charge in [0.25, 0.3) is 0 Å². The molecule has 1 N–H and O–H groups in total. The fourth-order valence-electron chi connectivity index (χ4n) is 2.39. The molecule has 2 aromatic rings. The number of likely N-dealkylation sites (N-methyl/N-ethyl adjacent to an activating group) is 1. The van der Waals surface area contributed by atoms with Crippen molar-refractivity contribution in [3.05, 3.63) is 65.2 Å². The zero-order valence-corrected chi connectivity index (χ0v) is 15.4. The number of carboxylic acids is 1. The van der Waals surface area contributed by atoms with E-state index in [1.165, 1.54) is 0 Å². The van der Waals surface area contributed by atoms with Crippen molar-refractivity contribution in [3.63, 3.8) is 0 Å². The highest BCUT2D eigenvalue weighted by Crippen LogP contribution is 2.15. The number of ether oxygens (including phenoxy) is 1. The molecule has 0 aliphatic rings. The van der Waals surface area contributed by atoms with Crippen molar-refractivity contribution in [1.29, 1.82) is 0 Å². The topological polar surface area (TPSA) is 66.8 Å². The van der Waals surface area contributed by atoms with Crippen LogP contribution in [0, 0.1) is 5.92 Å². The van der Waals surface area contributed by atoms with E-state index < -0.39 is 5.97 Å². The van der Waals surface area contributed by atoms with Crippen molar-refractivity contribution in [2.24, 2.45) is 5.92 Å². The van der Waals surface area contributed by atoms with Crippen molar-refractivity contribution in [3.8, 4) is 5.75 Å². The van der Waals surface area contributed by atoms with Crippen molar-refractivity contribution < 1.29 is 19.4 Å². The molecule has 26 heavy (non-hydrogen) atoms. The molecule has 0 unspecified atom stereocenters. The Labute approximate surface area is 154 Å². The molecule has 0 fully saturated rings. The fraction of sp³-hybridized carbons (Fsp3) is 0.333. The maximum Gasteiger partial charge on any atom is 0.335 e. The largest absolute Gasteiger partial charge is 0.493 e. The molecule has 0 bridgehead atoms. The summed E-state index contributed by atoms with van der Waals surface area (Å²) in [7, 11) is 1.74. The van der Waals surface area contributed by atoms with Crippen LogP contribution in [0.4, 0.5) is 0 Å². The smallest absolute Gasteiger partial charge is 0.335 e. The summed E-state index contributed by atoms with van der Waals surface area (Å²) in [5.74, 6) is 0.321. The molecule has 0 radical (unpaired) electrons. The van der Waals surface area contributed by atoms with Crippen LogP contribution < -0.4 is 4.74 Å². The average molecular weight is 355 g/mol. The Kier molecular flexibility index (Phi) is 6.78. The number of benzene rings is 2. The van der Waals surface area contributed by atoms with E-state index in [4.69, 9.17) is 9.84 Å². The van der Waals surface area contributed by atoms with Crippen LogP contribution >= 0.6 is 0 Å². The minimum atomic E-state index is -0.957. The average Bonchev–Trinajstić information content (AvgIpc) is 2.61. The Balaban J connectivity index is 1.89. The van der Waals surface area contributed by atoms with Gasteiger partial charge in [-0.1, -0.05) is 38.1 Å². The van der Waals surface area contributed by atoms with Crippen molar-refractivity contribution in [2.75, 3.05) is 13.7 Å². The van der Waals surface area contributed by atoms with Gasteiger partial charge in [0, 0.05) is 13.6 Å². The zero-order valence-electron chi connectivity index (χ0n) is 15.4. The van der Waals surface area contributed by atoms with Gasteiger partial charge in [0.15, 0.2) is 0 Å². The number of carbonyl (C=O) groups is 2. The number of carbonyl (C=O) groups excluding carboxylic acids is 1. The Bertz CT molecular complexity index is 736. The third-order valence-electron chi connectivity index (χ3n) is 3.91. The quantitative estimate of drug-likeness (QED) is 0.785. The molecule has 2 aromatic carbocycles. The number of aromatic carboxylic acids is 1. The second kappa shape index (κ2) is 9.04. The highest BCUT2D eigenvalue weighted by atomic mass is 16.5. The number of carboxylic acid groups (broad SMARTS) is 1. The predicted molar refractivity (Wildman–Crippen MR) is 100 cm³/mol. The molecule has 0 aromatic heterocycles. The molecule has 0 atom stereocenters. The minimum Gasteiger partial charge on any atom is -0.493 e. The van der Waals surface area contributed by atoms with Crippen molar-refractivity contribution in [2.45, 2.75) is 26.8 Å². The summed E-state index contributed by atoms with van der Waals surface area (Å²) in [6.45, 7) is 5.30. The van der Waals surface area contributed by atoms with E-state index in [1.54, 1.807) is 36.2 Å². The highest BCUT2D eigenvalue weighted by molar-refractivity contribution is 5.87. The summed E-state index contributed by atoms with van der Waals surface area (Å²) in [6, 6.07) is 14.1. The standard InChI is InChI=1S/C21H25NO4/c1-15(2)14-26-19-10-6-16(7-11-19)12-20(23)22(3)13-17-4-8-18(9-5-17)21(24)25/h4-11,15H,12-14H2,1-3H3,(H,24,25). The maximum absolute atomic E-state index is 12.4. The summed E-state index contributed by atoms with van der Waals surface area (Å²) in [5, 5.41) is 8.92. The van der Waals surface area contributed by atoms with Crippen molar-refractivity contribution >= 4 is 11.9 Å². The highest BCUT2D eigenvalue weighted by Gasteiger charge is 2.11. The molecule has 0 aliphatic heterocycles. The molecule has 0 saturated carbocycles. The number of nitrogens with zero attached hydrogens (tertiary/aromatic N) is 1. The maximum atomic E-state index is 12.4. The van der Waals surface area contributed by atoms with Crippen LogP contribution in [-0.2, 0) is 17.8 Å². The number of hydrogen-bond acceptors (Lipinski definition) is 3. The molecule has 0 heterocycles. The first kappa shape index (κ1) is 19.5. The van der Waals surface area contributed by atoms with Gasteiger partial charge in [-0.3, -0.25) is 4.79 Å². The van der Waals surface area contributed by atoms with Gasteiger partial charge in [-0.25, -0.2) is 4.79 Å². The van der Waals surface area contributed by atoms with E-state index in [0.717, 1.165) is 16.9 Å². The first-order valence-electron chi connectivity index (χ1n) is 8.63. The van der Waals surface area contributed by atoms with E-state index in [1.807, 2.05) is 24.3 Å². The van der Waals surface area contributed by atoms with Crippen LogP contribution in [0.5, 0.6) is 5.75 Å². The molecule has 0 aliphatic carbocycles. The molecule has 2 rings (SSSR count). The zero-order chi connectivity index (χ0) is 19.1. The van der Waals surface area contributed by atoms with E-state index in [0.29, 0.717) is 25.5 Å². The molecular formula is C21H25NO4. The second-order valence-corrected chi connectivity index (χ2v) is 6.78. The van der Waals surface area contributed by atoms with Crippen LogP contribution in [0.2, 0.25) is 0 Å². The third-order valence-corrected chi connectivity index (χ3v) is 3.91. The van der Waals surface area contributed by atoms with E-state index >= 15 is 0 Å². The molecule has 5 heteroatoms. The Morgan fingerprint density at radius 3 is 2.12 bits per heavy atom. The van der Waals surface area contributed by atoms with Crippen molar-refractivity contribution in [1.82, 2.24) is 4.90 Å². The first-order valence-corrected chi connectivity index (χ1v) is 8.63. The summed E-state index contributed by atoms with van der Waals surface area (Å²) in [6.07, 6.45) is 0.314. The van der Waals surface area contributed by atoms with Crippen LogP contribution in [0.25, 0.3) is 0 Å². The van der Waals surface area contributed by atoms with E-state index in [-0.39, 0.29) is 11.5 Å². The van der Waals surface area contributed by atoms with Gasteiger partial charge in [0.2, 0.25) is 5.91 Å². The summed E-state index contributed by atoms with van der Waals surface area (Å²) in [5.41, 5.74) is 2.06. The van der Waals surface area contributed by atoms with Crippen LogP contribution in [0.3, 0.4) is 0 Å². The number of amides is 1. The van der Waals surface area contributed by atoms with Gasteiger partial charge in [-0.05, 0) is 41.3 Å². The van der Waals surface area contributed by atoms with Crippen LogP contribution in [0.1, 0.15) is 35.3 Å². The lowest BCUT2D eigenvalue weighted by atomic mass is 10.1. The molecule has 138 valence electrons. The fourth-order valence-corrected chi connectivity index (χ4v) is 2.39. The number of rotatable bonds is 8. The van der Waals surface area contributed by atoms with Crippen LogP contribution in [-0.4, -0.2) is 35.5 Å². The van der Waals surface area contributed by atoms with Gasteiger partial charge in [-0.15, -0.1) is 0 Å². The van der Waals surface area contributed by atoms with Gasteiger partial charge < -0.3 is 14.7 Å². The number of hydrogen-bond donors (Lipinski definition) is 1. The second-order valence-electron chi connectivity index (χ2n) is 6.78. The van der Waals surface area contributed by atoms with E-state index in [2.05, 4.69) is 13.8 Å². The third kappa shape index (κ3) is 5.92. The van der Waals surface area contributed by atoms with Gasteiger partial charge >= 0.3 is 5.97 Å². The molecule has 1 amide bonds. The lowest BCUT2D eigenvalue weighted by molar-refractivity contribution is -0.129. The first-order chi connectivity index (χ1) is 12.3. The van der Waals surface area contributed by atoms with Gasteiger partial charge in [0.05, 0.1) is 18.6 Å². The van der Waals surface area contributed by atoms with E-state index in [9.17, 15) is 9.59 Å². The Morgan fingerprint density at radius 2 is 1.58 bits per heavy atom. The minimum absolute atomic E-state index is 0.00293. The normalized spacial score (nSPS) is 10.6.